The Morgan fingerprint density at radius 3 is 2.64 bits per heavy atom. The third kappa shape index (κ3) is 3.87. The zero-order chi connectivity index (χ0) is 19.3. The molecule has 0 saturated heterocycles. The molecule has 0 aliphatic rings. The predicted molar refractivity (Wildman–Crippen MR) is 110 cm³/mol. The molecular formula is C22H24N6. The molecule has 0 radical (unpaired) electrons. The molecule has 4 aromatic rings. The standard InChI is InChI=1S/C22H24N6/c1-2-5-20-21(16-7-9-18(10-8-16)28-13-12-24-15-28)27-22(26-20)19(23)14-17-6-3-4-11-25-17/h3-4,6-13,15,19H,2,5,14,23H2,1H3,(H,26,27)/t19-/m0/s1. The van der Waals surface area contributed by atoms with Crippen molar-refractivity contribution in [2.24, 2.45) is 5.73 Å². The molecule has 3 N–H and O–H groups in total. The van der Waals surface area contributed by atoms with Gasteiger partial charge < -0.3 is 15.3 Å². The van der Waals surface area contributed by atoms with Gasteiger partial charge in [0.2, 0.25) is 0 Å². The van der Waals surface area contributed by atoms with Crippen molar-refractivity contribution in [1.82, 2.24) is 24.5 Å². The summed E-state index contributed by atoms with van der Waals surface area (Å²) in [6.07, 6.45) is 9.88. The molecular weight excluding hydrogens is 348 g/mol. The van der Waals surface area contributed by atoms with E-state index in [4.69, 9.17) is 10.7 Å². The maximum atomic E-state index is 6.43. The van der Waals surface area contributed by atoms with Gasteiger partial charge in [-0.15, -0.1) is 0 Å². The Hall–Kier alpha value is -3.25. The summed E-state index contributed by atoms with van der Waals surface area (Å²) in [4.78, 5) is 16.8. The number of pyridine rings is 1. The first-order valence-electron chi connectivity index (χ1n) is 9.57. The fraction of sp³-hybridized carbons (Fsp3) is 0.227. The first-order valence-corrected chi connectivity index (χ1v) is 9.57. The van der Waals surface area contributed by atoms with E-state index in [-0.39, 0.29) is 6.04 Å². The van der Waals surface area contributed by atoms with Crippen molar-refractivity contribution < 1.29 is 0 Å². The van der Waals surface area contributed by atoms with Gasteiger partial charge in [0.05, 0.1) is 23.8 Å². The summed E-state index contributed by atoms with van der Waals surface area (Å²) in [5.41, 5.74) is 11.7. The van der Waals surface area contributed by atoms with Crippen molar-refractivity contribution in [2.75, 3.05) is 0 Å². The molecule has 0 fully saturated rings. The number of aryl methyl sites for hydroxylation is 1. The van der Waals surface area contributed by atoms with Crippen LogP contribution in [0.2, 0.25) is 0 Å². The number of rotatable bonds is 7. The molecule has 0 bridgehead atoms. The van der Waals surface area contributed by atoms with Crippen LogP contribution in [-0.4, -0.2) is 24.5 Å². The molecule has 1 atom stereocenters. The minimum atomic E-state index is -0.218. The van der Waals surface area contributed by atoms with Gasteiger partial charge in [0.1, 0.15) is 5.82 Å². The van der Waals surface area contributed by atoms with E-state index in [0.717, 1.165) is 47.0 Å². The average molecular weight is 372 g/mol. The molecule has 142 valence electrons. The monoisotopic (exact) mass is 372 g/mol. The topological polar surface area (TPSA) is 85.4 Å². The zero-order valence-electron chi connectivity index (χ0n) is 15.9. The van der Waals surface area contributed by atoms with Gasteiger partial charge in [-0.25, -0.2) is 9.97 Å². The number of H-pyrrole nitrogens is 1. The maximum absolute atomic E-state index is 6.43. The number of aromatic nitrogens is 5. The average Bonchev–Trinajstić information content (AvgIpc) is 3.40. The lowest BCUT2D eigenvalue weighted by atomic mass is 10.1. The van der Waals surface area contributed by atoms with Gasteiger partial charge in [0.25, 0.3) is 0 Å². The largest absolute Gasteiger partial charge is 0.340 e. The molecule has 3 aromatic heterocycles. The van der Waals surface area contributed by atoms with Crippen molar-refractivity contribution in [2.45, 2.75) is 32.2 Å². The molecule has 0 unspecified atom stereocenters. The predicted octanol–water partition coefficient (Wildman–Crippen LogP) is 3.85. The third-order valence-corrected chi connectivity index (χ3v) is 4.75. The number of benzene rings is 1. The lowest BCUT2D eigenvalue weighted by Gasteiger charge is -2.08. The SMILES string of the molecule is CCCc1nc([C@@H](N)Cc2ccccn2)[nH]c1-c1ccc(-n2ccnc2)cc1. The van der Waals surface area contributed by atoms with Crippen molar-refractivity contribution in [3.63, 3.8) is 0 Å². The molecule has 0 aliphatic heterocycles. The van der Waals surface area contributed by atoms with Crippen molar-refractivity contribution >= 4 is 0 Å². The van der Waals surface area contributed by atoms with Crippen LogP contribution in [0.25, 0.3) is 16.9 Å². The van der Waals surface area contributed by atoms with E-state index in [1.54, 1.807) is 18.7 Å². The van der Waals surface area contributed by atoms with Gasteiger partial charge >= 0.3 is 0 Å². The second kappa shape index (κ2) is 8.19. The van der Waals surface area contributed by atoms with E-state index in [1.807, 2.05) is 29.0 Å². The number of hydrogen-bond donors (Lipinski definition) is 2. The fourth-order valence-corrected chi connectivity index (χ4v) is 3.31. The Labute approximate surface area is 164 Å². The molecule has 0 saturated carbocycles. The van der Waals surface area contributed by atoms with Gasteiger partial charge in [-0.2, -0.15) is 0 Å². The van der Waals surface area contributed by atoms with E-state index in [9.17, 15) is 0 Å². The minimum absolute atomic E-state index is 0.218. The number of hydrogen-bond acceptors (Lipinski definition) is 4. The van der Waals surface area contributed by atoms with Crippen molar-refractivity contribution in [1.29, 1.82) is 0 Å². The van der Waals surface area contributed by atoms with Crippen LogP contribution in [0.15, 0.2) is 67.4 Å². The zero-order valence-corrected chi connectivity index (χ0v) is 15.9. The molecule has 0 spiro atoms. The Morgan fingerprint density at radius 2 is 1.96 bits per heavy atom. The first kappa shape index (κ1) is 18.1. The van der Waals surface area contributed by atoms with Gasteiger partial charge in [0.15, 0.2) is 0 Å². The highest BCUT2D eigenvalue weighted by Crippen LogP contribution is 2.26. The Balaban J connectivity index is 1.61. The number of imidazole rings is 2. The van der Waals surface area contributed by atoms with Crippen LogP contribution in [0, 0.1) is 0 Å². The molecule has 28 heavy (non-hydrogen) atoms. The third-order valence-electron chi connectivity index (χ3n) is 4.75. The number of nitrogens with zero attached hydrogens (tertiary/aromatic N) is 4. The normalized spacial score (nSPS) is 12.2. The van der Waals surface area contributed by atoms with Gasteiger partial charge in [-0.1, -0.05) is 31.5 Å². The van der Waals surface area contributed by atoms with Crippen molar-refractivity contribution in [3.8, 4) is 16.9 Å². The van der Waals surface area contributed by atoms with E-state index in [1.165, 1.54) is 0 Å². The van der Waals surface area contributed by atoms with E-state index in [0.29, 0.717) is 6.42 Å². The Bertz CT molecular complexity index is 1000. The lowest BCUT2D eigenvalue weighted by Crippen LogP contribution is -2.15. The quantitative estimate of drug-likeness (QED) is 0.516. The first-order chi connectivity index (χ1) is 13.7. The summed E-state index contributed by atoms with van der Waals surface area (Å²) >= 11 is 0. The van der Waals surface area contributed by atoms with Crippen LogP contribution in [0.1, 0.15) is 36.6 Å². The molecule has 0 aliphatic carbocycles. The second-order valence-electron chi connectivity index (χ2n) is 6.84. The number of nitrogens with one attached hydrogen (secondary N) is 1. The highest BCUT2D eigenvalue weighted by atomic mass is 15.0. The number of aromatic amines is 1. The summed E-state index contributed by atoms with van der Waals surface area (Å²) in [6, 6.07) is 14.0. The van der Waals surface area contributed by atoms with Crippen LogP contribution in [-0.2, 0) is 12.8 Å². The minimum Gasteiger partial charge on any atom is -0.340 e. The lowest BCUT2D eigenvalue weighted by molar-refractivity contribution is 0.663. The summed E-state index contributed by atoms with van der Waals surface area (Å²) in [5, 5.41) is 0. The molecule has 0 amide bonds. The maximum Gasteiger partial charge on any atom is 0.124 e. The van der Waals surface area contributed by atoms with E-state index < -0.39 is 0 Å². The highest BCUT2D eigenvalue weighted by Gasteiger charge is 2.17. The van der Waals surface area contributed by atoms with Crippen LogP contribution in [0.3, 0.4) is 0 Å². The van der Waals surface area contributed by atoms with Gasteiger partial charge in [-0.05, 0) is 36.2 Å². The highest BCUT2D eigenvalue weighted by molar-refractivity contribution is 5.64. The molecule has 6 nitrogen and oxygen atoms in total. The fourth-order valence-electron chi connectivity index (χ4n) is 3.31. The Morgan fingerprint density at radius 1 is 1.11 bits per heavy atom. The molecule has 1 aromatic carbocycles. The van der Waals surface area contributed by atoms with E-state index >= 15 is 0 Å². The van der Waals surface area contributed by atoms with Crippen LogP contribution in [0.5, 0.6) is 0 Å². The van der Waals surface area contributed by atoms with Crippen LogP contribution >= 0.6 is 0 Å². The number of nitrogens with two attached hydrogens (primary N) is 1. The van der Waals surface area contributed by atoms with Gasteiger partial charge in [-0.3, -0.25) is 4.98 Å². The van der Waals surface area contributed by atoms with Crippen LogP contribution < -0.4 is 5.73 Å². The Kier molecular flexibility index (Phi) is 5.30. The summed E-state index contributed by atoms with van der Waals surface area (Å²) in [5.74, 6) is 0.808. The smallest absolute Gasteiger partial charge is 0.124 e. The van der Waals surface area contributed by atoms with Gasteiger partial charge in [0, 0.05) is 36.4 Å². The van der Waals surface area contributed by atoms with Crippen LogP contribution in [0.4, 0.5) is 0 Å². The summed E-state index contributed by atoms with van der Waals surface area (Å²) in [6.45, 7) is 2.16. The van der Waals surface area contributed by atoms with E-state index in [2.05, 4.69) is 46.1 Å². The molecule has 4 rings (SSSR count). The summed E-state index contributed by atoms with van der Waals surface area (Å²) < 4.78 is 1.98. The summed E-state index contributed by atoms with van der Waals surface area (Å²) in [7, 11) is 0. The molecule has 3 heterocycles. The van der Waals surface area contributed by atoms with Crippen molar-refractivity contribution in [3.05, 3.63) is 84.6 Å². The molecule has 6 heteroatoms. The second-order valence-corrected chi connectivity index (χ2v) is 6.84.